The lowest BCUT2D eigenvalue weighted by atomic mass is 10.2. The number of para-hydroxylation sites is 1. The number of halogens is 1. The third-order valence-electron chi connectivity index (χ3n) is 4.10. The van der Waals surface area contributed by atoms with E-state index in [0.29, 0.717) is 5.75 Å². The maximum Gasteiger partial charge on any atom is 0.191 e. The quantitative estimate of drug-likeness (QED) is 0.537. The van der Waals surface area contributed by atoms with Crippen molar-refractivity contribution in [2.24, 2.45) is 0 Å². The molecule has 0 aliphatic carbocycles. The summed E-state index contributed by atoms with van der Waals surface area (Å²) in [6, 6.07) is 14.5. The molecule has 3 rings (SSSR count). The van der Waals surface area contributed by atoms with Crippen LogP contribution < -0.4 is 4.74 Å². The van der Waals surface area contributed by atoms with Gasteiger partial charge in [0, 0.05) is 12.3 Å². The first-order valence-corrected chi connectivity index (χ1v) is 9.59. The summed E-state index contributed by atoms with van der Waals surface area (Å²) in [6.07, 6.45) is -0.205. The van der Waals surface area contributed by atoms with Crippen LogP contribution in [0.1, 0.15) is 36.9 Å². The molecule has 0 saturated heterocycles. The van der Waals surface area contributed by atoms with Gasteiger partial charge in [0.25, 0.3) is 0 Å². The van der Waals surface area contributed by atoms with Crippen LogP contribution in [0.15, 0.2) is 53.7 Å². The van der Waals surface area contributed by atoms with E-state index < -0.39 is 0 Å². The number of hydrogen-bond acceptors (Lipinski definition) is 4. The van der Waals surface area contributed by atoms with Crippen LogP contribution in [0.4, 0.5) is 4.39 Å². The van der Waals surface area contributed by atoms with E-state index in [1.54, 1.807) is 23.9 Å². The molecular formula is C20H22FN3OS. The lowest BCUT2D eigenvalue weighted by molar-refractivity contribution is 0.208. The molecular weight excluding hydrogens is 349 g/mol. The molecule has 0 saturated carbocycles. The summed E-state index contributed by atoms with van der Waals surface area (Å²) in [6.45, 7) is 6.83. The molecule has 6 heteroatoms. The van der Waals surface area contributed by atoms with Crippen molar-refractivity contribution in [3.8, 4) is 5.75 Å². The molecule has 1 heterocycles. The standard InChI is InChI=1S/C20H22FN3OS/c1-4-24-19(15(3)25-18-8-6-5-7-14(18)2)22-23-20(24)26-13-16-9-11-17(21)12-10-16/h5-12,15H,4,13H2,1-3H3. The van der Waals surface area contributed by atoms with E-state index >= 15 is 0 Å². The van der Waals surface area contributed by atoms with E-state index in [9.17, 15) is 4.39 Å². The minimum Gasteiger partial charge on any atom is -0.482 e. The Labute approximate surface area is 157 Å². The molecule has 0 aliphatic heterocycles. The Balaban J connectivity index is 1.72. The average molecular weight is 371 g/mol. The molecule has 2 aromatic carbocycles. The van der Waals surface area contributed by atoms with E-state index in [1.807, 2.05) is 38.1 Å². The first-order chi connectivity index (χ1) is 12.6. The second kappa shape index (κ2) is 8.36. The van der Waals surface area contributed by atoms with Crippen molar-refractivity contribution in [3.63, 3.8) is 0 Å². The predicted octanol–water partition coefficient (Wildman–Crippen LogP) is 5.18. The highest BCUT2D eigenvalue weighted by molar-refractivity contribution is 7.98. The Kier molecular flexibility index (Phi) is 5.93. The van der Waals surface area contributed by atoms with Gasteiger partial charge in [-0.1, -0.05) is 42.1 Å². The van der Waals surface area contributed by atoms with Gasteiger partial charge < -0.3 is 9.30 Å². The van der Waals surface area contributed by atoms with Crippen molar-refractivity contribution < 1.29 is 9.13 Å². The summed E-state index contributed by atoms with van der Waals surface area (Å²) in [5.74, 6) is 2.15. The van der Waals surface area contributed by atoms with Crippen LogP contribution in [-0.4, -0.2) is 14.8 Å². The van der Waals surface area contributed by atoms with Gasteiger partial charge in [0.05, 0.1) is 0 Å². The maximum absolute atomic E-state index is 13.0. The molecule has 0 amide bonds. The number of benzene rings is 2. The summed E-state index contributed by atoms with van der Waals surface area (Å²) in [7, 11) is 0. The fourth-order valence-electron chi connectivity index (χ4n) is 2.67. The molecule has 26 heavy (non-hydrogen) atoms. The van der Waals surface area contributed by atoms with Crippen LogP contribution in [0.3, 0.4) is 0 Å². The largest absolute Gasteiger partial charge is 0.482 e. The van der Waals surface area contributed by atoms with Crippen molar-refractivity contribution in [3.05, 3.63) is 71.3 Å². The third-order valence-corrected chi connectivity index (χ3v) is 5.14. The number of aromatic nitrogens is 3. The average Bonchev–Trinajstić information content (AvgIpc) is 3.06. The fraction of sp³-hybridized carbons (Fsp3) is 0.300. The Morgan fingerprint density at radius 2 is 1.85 bits per heavy atom. The van der Waals surface area contributed by atoms with Crippen molar-refractivity contribution in [2.45, 2.75) is 44.3 Å². The molecule has 3 aromatic rings. The molecule has 0 bridgehead atoms. The smallest absolute Gasteiger partial charge is 0.191 e. The Morgan fingerprint density at radius 3 is 2.54 bits per heavy atom. The van der Waals surface area contributed by atoms with E-state index in [1.165, 1.54) is 12.1 Å². The Bertz CT molecular complexity index is 864. The highest BCUT2D eigenvalue weighted by Crippen LogP contribution is 2.27. The number of hydrogen-bond donors (Lipinski definition) is 0. The van der Waals surface area contributed by atoms with Crippen LogP contribution in [-0.2, 0) is 12.3 Å². The van der Waals surface area contributed by atoms with Gasteiger partial charge in [-0.3, -0.25) is 0 Å². The number of nitrogens with zero attached hydrogens (tertiary/aromatic N) is 3. The van der Waals surface area contributed by atoms with Gasteiger partial charge in [-0.2, -0.15) is 0 Å². The highest BCUT2D eigenvalue weighted by Gasteiger charge is 2.19. The minimum absolute atomic E-state index is 0.205. The van der Waals surface area contributed by atoms with Gasteiger partial charge in [0.2, 0.25) is 0 Å². The van der Waals surface area contributed by atoms with E-state index in [4.69, 9.17) is 4.74 Å². The molecule has 0 radical (unpaired) electrons. The summed E-state index contributed by atoms with van der Waals surface area (Å²) in [4.78, 5) is 0. The van der Waals surface area contributed by atoms with Crippen LogP contribution in [0.2, 0.25) is 0 Å². The monoisotopic (exact) mass is 371 g/mol. The molecule has 0 N–H and O–H groups in total. The number of thioether (sulfide) groups is 1. The topological polar surface area (TPSA) is 39.9 Å². The molecule has 0 aliphatic rings. The first-order valence-electron chi connectivity index (χ1n) is 8.61. The second-order valence-corrected chi connectivity index (χ2v) is 6.97. The lowest BCUT2D eigenvalue weighted by Gasteiger charge is -2.17. The molecule has 1 atom stereocenters. The van der Waals surface area contributed by atoms with Crippen molar-refractivity contribution in [1.29, 1.82) is 0 Å². The summed E-state index contributed by atoms with van der Waals surface area (Å²) in [5.41, 5.74) is 2.14. The van der Waals surface area contributed by atoms with Crippen molar-refractivity contribution >= 4 is 11.8 Å². The highest BCUT2D eigenvalue weighted by atomic mass is 32.2. The van der Waals surface area contributed by atoms with E-state index in [2.05, 4.69) is 21.7 Å². The van der Waals surface area contributed by atoms with Crippen LogP contribution >= 0.6 is 11.8 Å². The van der Waals surface area contributed by atoms with Gasteiger partial charge in [-0.15, -0.1) is 10.2 Å². The van der Waals surface area contributed by atoms with Crippen molar-refractivity contribution in [2.75, 3.05) is 0 Å². The summed E-state index contributed by atoms with van der Waals surface area (Å²) in [5, 5.41) is 9.51. The zero-order valence-corrected chi connectivity index (χ0v) is 16.0. The summed E-state index contributed by atoms with van der Waals surface area (Å²) < 4.78 is 21.2. The van der Waals surface area contributed by atoms with Gasteiger partial charge in [0.15, 0.2) is 17.1 Å². The van der Waals surface area contributed by atoms with Gasteiger partial charge in [-0.05, 0) is 50.1 Å². The molecule has 1 unspecified atom stereocenters. The third kappa shape index (κ3) is 4.25. The van der Waals surface area contributed by atoms with Gasteiger partial charge in [0.1, 0.15) is 11.6 Å². The SMILES string of the molecule is CCn1c(SCc2ccc(F)cc2)nnc1C(C)Oc1ccccc1C. The zero-order chi connectivity index (χ0) is 18.5. The molecule has 136 valence electrons. The number of rotatable bonds is 7. The molecule has 0 fully saturated rings. The minimum atomic E-state index is -0.222. The van der Waals surface area contributed by atoms with Crippen LogP contribution in [0, 0.1) is 12.7 Å². The number of ether oxygens (including phenoxy) is 1. The maximum atomic E-state index is 13.0. The van der Waals surface area contributed by atoms with Crippen molar-refractivity contribution in [1.82, 2.24) is 14.8 Å². The fourth-order valence-corrected chi connectivity index (χ4v) is 3.63. The van der Waals surface area contributed by atoms with E-state index in [0.717, 1.165) is 34.4 Å². The van der Waals surface area contributed by atoms with Crippen LogP contribution in [0.5, 0.6) is 5.75 Å². The first kappa shape index (κ1) is 18.5. The Morgan fingerprint density at radius 1 is 1.12 bits per heavy atom. The molecule has 0 spiro atoms. The summed E-state index contributed by atoms with van der Waals surface area (Å²) >= 11 is 1.59. The van der Waals surface area contributed by atoms with Crippen LogP contribution in [0.25, 0.3) is 0 Å². The van der Waals surface area contributed by atoms with Gasteiger partial charge >= 0.3 is 0 Å². The predicted molar refractivity (Wildman–Crippen MR) is 102 cm³/mol. The second-order valence-electron chi connectivity index (χ2n) is 6.03. The van der Waals surface area contributed by atoms with Gasteiger partial charge in [-0.25, -0.2) is 4.39 Å². The Hall–Kier alpha value is -2.34. The number of aryl methyl sites for hydroxylation is 1. The zero-order valence-electron chi connectivity index (χ0n) is 15.1. The van der Waals surface area contributed by atoms with E-state index in [-0.39, 0.29) is 11.9 Å². The molecule has 1 aromatic heterocycles. The molecule has 4 nitrogen and oxygen atoms in total. The normalized spacial score (nSPS) is 12.2. The lowest BCUT2D eigenvalue weighted by Crippen LogP contribution is -2.12.